The number of unbranched alkanes of at least 4 members (excludes halogenated alkanes) is 29. The van der Waals surface area contributed by atoms with Gasteiger partial charge in [-0.2, -0.15) is 0 Å². The lowest BCUT2D eigenvalue weighted by molar-refractivity contribution is -0.298. The molecule has 0 saturated carbocycles. The molecule has 1 aliphatic rings. The third kappa shape index (κ3) is 35.6. The van der Waals surface area contributed by atoms with Gasteiger partial charge in [-0.15, -0.1) is 0 Å². The van der Waals surface area contributed by atoms with Gasteiger partial charge >= 0.3 is 17.9 Å². The van der Waals surface area contributed by atoms with E-state index in [2.05, 4.69) is 50.3 Å². The van der Waals surface area contributed by atoms with E-state index in [9.17, 15) is 34.8 Å². The van der Waals surface area contributed by atoms with E-state index in [4.69, 9.17) is 18.9 Å². The van der Waals surface area contributed by atoms with E-state index in [0.29, 0.717) is 12.8 Å². The summed E-state index contributed by atoms with van der Waals surface area (Å²) in [6, 6.07) is 0. The quantitative estimate of drug-likeness (QED) is 0.0260. The maximum atomic E-state index is 12.8. The van der Waals surface area contributed by atoms with Gasteiger partial charge < -0.3 is 39.4 Å². The van der Waals surface area contributed by atoms with Gasteiger partial charge in [0.15, 0.2) is 18.5 Å². The summed E-state index contributed by atoms with van der Waals surface area (Å²) in [5, 5.41) is 40.0. The predicted molar refractivity (Wildman–Crippen MR) is 266 cm³/mol. The summed E-state index contributed by atoms with van der Waals surface area (Å²) in [5.41, 5.74) is 0. The average molecular weight is 935 g/mol. The van der Waals surface area contributed by atoms with Crippen LogP contribution in [0, 0.1) is 0 Å². The topological polar surface area (TPSA) is 169 Å². The number of ether oxygens (including phenoxy) is 4. The van der Waals surface area contributed by atoms with E-state index < -0.39 is 54.7 Å². The lowest BCUT2D eigenvalue weighted by Crippen LogP contribution is -2.60. The Morgan fingerprint density at radius 1 is 0.470 bits per heavy atom. The summed E-state index contributed by atoms with van der Waals surface area (Å²) in [6.07, 6.45) is 44.7. The molecule has 0 radical (unpaired) electrons. The number of aliphatic hydroxyl groups excluding tert-OH is 3. The van der Waals surface area contributed by atoms with Gasteiger partial charge in [-0.3, -0.25) is 9.59 Å². The molecule has 1 saturated heterocycles. The Hall–Kier alpha value is -2.57. The number of rotatable bonds is 46. The Balaban J connectivity index is 2.28. The van der Waals surface area contributed by atoms with Crippen molar-refractivity contribution in [1.29, 1.82) is 0 Å². The number of esters is 2. The van der Waals surface area contributed by atoms with Gasteiger partial charge in [0, 0.05) is 12.8 Å². The van der Waals surface area contributed by atoms with Crippen molar-refractivity contribution in [3.8, 4) is 0 Å². The lowest BCUT2D eigenvalue weighted by atomic mass is 9.99. The predicted octanol–water partition coefficient (Wildman–Crippen LogP) is 13.1. The van der Waals surface area contributed by atoms with Crippen molar-refractivity contribution in [2.45, 2.75) is 282 Å². The second kappa shape index (κ2) is 44.9. The van der Waals surface area contributed by atoms with Crippen molar-refractivity contribution in [1.82, 2.24) is 0 Å². The summed E-state index contributed by atoms with van der Waals surface area (Å²) < 4.78 is 21.9. The molecule has 4 N–H and O–H groups in total. The molecule has 0 bridgehead atoms. The largest absolute Gasteiger partial charge is 0.479 e. The summed E-state index contributed by atoms with van der Waals surface area (Å²) in [4.78, 5) is 37.0. The summed E-state index contributed by atoms with van der Waals surface area (Å²) in [5.74, 6) is -2.44. The zero-order valence-corrected chi connectivity index (χ0v) is 41.9. The Morgan fingerprint density at radius 3 is 1.27 bits per heavy atom. The number of aliphatic hydroxyl groups is 3. The molecule has 0 aromatic carbocycles. The molecule has 0 aromatic heterocycles. The maximum Gasteiger partial charge on any atom is 0.335 e. The minimum Gasteiger partial charge on any atom is -0.479 e. The van der Waals surface area contributed by atoms with E-state index in [-0.39, 0.29) is 26.1 Å². The highest BCUT2D eigenvalue weighted by Gasteiger charge is 2.47. The highest BCUT2D eigenvalue weighted by molar-refractivity contribution is 5.73. The number of carboxylic acid groups (broad SMARTS) is 1. The van der Waals surface area contributed by atoms with Crippen LogP contribution >= 0.6 is 0 Å². The van der Waals surface area contributed by atoms with E-state index in [1.54, 1.807) is 0 Å². The third-order valence-electron chi connectivity index (χ3n) is 12.5. The highest BCUT2D eigenvalue weighted by atomic mass is 16.7. The molecule has 1 aliphatic heterocycles. The molecule has 0 spiro atoms. The number of allylic oxidation sites excluding steroid dienone is 6. The maximum absolute atomic E-state index is 12.8. The van der Waals surface area contributed by atoms with Crippen LogP contribution in [0.5, 0.6) is 0 Å². The van der Waals surface area contributed by atoms with Crippen LogP contribution in [0.3, 0.4) is 0 Å². The molecule has 6 atom stereocenters. The van der Waals surface area contributed by atoms with Crippen molar-refractivity contribution in [2.24, 2.45) is 0 Å². The zero-order chi connectivity index (χ0) is 48.1. The molecular weight excluding hydrogens is 837 g/mol. The number of carboxylic acids is 1. The normalized spacial score (nSPS) is 19.3. The third-order valence-corrected chi connectivity index (χ3v) is 12.5. The van der Waals surface area contributed by atoms with Gasteiger partial charge in [-0.25, -0.2) is 4.79 Å². The van der Waals surface area contributed by atoms with Crippen LogP contribution in [-0.2, 0) is 33.3 Å². The van der Waals surface area contributed by atoms with Crippen LogP contribution in [0.4, 0.5) is 0 Å². The van der Waals surface area contributed by atoms with E-state index in [1.165, 1.54) is 154 Å². The Morgan fingerprint density at radius 2 is 0.848 bits per heavy atom. The first-order chi connectivity index (χ1) is 32.2. The second-order valence-electron chi connectivity index (χ2n) is 18.7. The Labute approximate surface area is 401 Å². The Bertz CT molecular complexity index is 1240. The first kappa shape index (κ1) is 61.4. The van der Waals surface area contributed by atoms with Crippen molar-refractivity contribution < 1.29 is 53.8 Å². The number of carbonyl (C=O) groups is 3. The molecule has 6 unspecified atom stereocenters. The van der Waals surface area contributed by atoms with Crippen LogP contribution in [0.15, 0.2) is 36.5 Å². The molecular formula is C55H98O11. The molecule has 66 heavy (non-hydrogen) atoms. The van der Waals surface area contributed by atoms with Gasteiger partial charge in [0.2, 0.25) is 0 Å². The molecule has 1 heterocycles. The summed E-state index contributed by atoms with van der Waals surface area (Å²) in [7, 11) is 0. The SMILES string of the molecule is CCCCCCC/C=C\C/C=C\CCCCCCCCCCCC(=O)OCC(COC1OC(C(=O)O)C(O)C(O)C1O)OC(=O)CCCCCCCCCCC/C=C\CCCCCCCC. The van der Waals surface area contributed by atoms with E-state index in [0.717, 1.165) is 51.4 Å². The van der Waals surface area contributed by atoms with Crippen LogP contribution in [0.2, 0.25) is 0 Å². The lowest BCUT2D eigenvalue weighted by Gasteiger charge is -2.38. The molecule has 0 aliphatic carbocycles. The number of aliphatic carboxylic acids is 1. The number of hydrogen-bond donors (Lipinski definition) is 4. The van der Waals surface area contributed by atoms with Gasteiger partial charge in [0.1, 0.15) is 24.9 Å². The molecule has 0 aromatic rings. The highest BCUT2D eigenvalue weighted by Crippen LogP contribution is 2.23. The fourth-order valence-corrected chi connectivity index (χ4v) is 8.20. The van der Waals surface area contributed by atoms with Gasteiger partial charge in [-0.05, 0) is 70.6 Å². The fraction of sp³-hybridized carbons (Fsp3) is 0.836. The van der Waals surface area contributed by atoms with Crippen LogP contribution < -0.4 is 0 Å². The Kier molecular flexibility index (Phi) is 41.8. The van der Waals surface area contributed by atoms with Crippen molar-refractivity contribution >= 4 is 17.9 Å². The molecule has 1 fully saturated rings. The zero-order valence-electron chi connectivity index (χ0n) is 41.9. The smallest absolute Gasteiger partial charge is 0.335 e. The van der Waals surface area contributed by atoms with Crippen molar-refractivity contribution in [3.63, 3.8) is 0 Å². The second-order valence-corrected chi connectivity index (χ2v) is 18.7. The minimum absolute atomic E-state index is 0.181. The monoisotopic (exact) mass is 935 g/mol. The van der Waals surface area contributed by atoms with Crippen molar-refractivity contribution in [2.75, 3.05) is 13.2 Å². The molecule has 11 heteroatoms. The number of carbonyl (C=O) groups excluding carboxylic acids is 2. The van der Waals surface area contributed by atoms with E-state index in [1.807, 2.05) is 0 Å². The van der Waals surface area contributed by atoms with Crippen molar-refractivity contribution in [3.05, 3.63) is 36.5 Å². The van der Waals surface area contributed by atoms with Gasteiger partial charge in [0.05, 0.1) is 6.61 Å². The summed E-state index contributed by atoms with van der Waals surface area (Å²) in [6.45, 7) is 3.83. The van der Waals surface area contributed by atoms with Gasteiger partial charge in [0.25, 0.3) is 0 Å². The molecule has 1 rings (SSSR count). The van der Waals surface area contributed by atoms with Crippen LogP contribution in [-0.4, -0.2) is 88.4 Å². The fourth-order valence-electron chi connectivity index (χ4n) is 8.20. The minimum atomic E-state index is -1.86. The standard InChI is InChI=1S/C55H98O11/c1-3-5-7-9-11-13-15-17-19-21-23-24-26-27-29-31-33-35-37-39-41-43-48(56)63-45-47(46-64-55-52(60)50(58)51(59)53(66-55)54(61)62)65-49(57)44-42-40-38-36-34-32-30-28-25-22-20-18-16-14-12-10-8-6-4-2/h15,17-18,20-21,23,47,50-53,55,58-60H,3-14,16,19,22,24-46H2,1-2H3,(H,61,62)/b17-15-,20-18-,23-21-. The van der Waals surface area contributed by atoms with Crippen LogP contribution in [0.25, 0.3) is 0 Å². The van der Waals surface area contributed by atoms with E-state index >= 15 is 0 Å². The first-order valence-corrected chi connectivity index (χ1v) is 27.0. The average Bonchev–Trinajstić information content (AvgIpc) is 3.30. The molecule has 11 nitrogen and oxygen atoms in total. The number of hydrogen-bond acceptors (Lipinski definition) is 10. The summed E-state index contributed by atoms with van der Waals surface area (Å²) >= 11 is 0. The molecule has 0 amide bonds. The first-order valence-electron chi connectivity index (χ1n) is 27.0. The molecule has 384 valence electrons. The van der Waals surface area contributed by atoms with Gasteiger partial charge in [-0.1, -0.05) is 198 Å². The van der Waals surface area contributed by atoms with Crippen LogP contribution in [0.1, 0.15) is 245 Å².